The Bertz CT molecular complexity index is 1230. The highest BCUT2D eigenvalue weighted by Gasteiger charge is 2.09. The Labute approximate surface area is 234 Å². The Morgan fingerprint density at radius 3 is 2.19 bits per heavy atom. The van der Waals surface area contributed by atoms with Crippen molar-refractivity contribution in [2.45, 2.75) is 25.4 Å². The number of aromatic amines is 1. The Hall–Kier alpha value is -2.32. The highest BCUT2D eigenvalue weighted by molar-refractivity contribution is 9.10. The SMILES string of the molecule is CC(N)CO.NC1CCOC1.O=C(O)c1cc2ccc(Br)cc2[nH]1.O=C(O)c1cc2ccc(Br)cc2s1. The van der Waals surface area contributed by atoms with Crippen LogP contribution in [0.2, 0.25) is 0 Å². The van der Waals surface area contributed by atoms with Gasteiger partial charge in [0.05, 0.1) is 13.2 Å². The van der Waals surface area contributed by atoms with Gasteiger partial charge in [0, 0.05) is 43.2 Å². The standard InChI is InChI=1S/C9H6BrNO2.C9H5BrO2S.C4H9NO.C3H9NO/c10-6-2-1-5-3-8(9(12)13)11-7(5)4-6;10-6-2-1-5-3-8(9(11)12)13-7(5)4-6;5-4-1-2-6-3-4;1-3(4)2-5/h1-4,11H,(H,12,13);1-4H,(H,11,12);4H,1-3,5H2;3,5H,2,4H2,1H3. The molecule has 0 amide bonds. The van der Waals surface area contributed by atoms with Crippen molar-refractivity contribution < 1.29 is 29.6 Å². The van der Waals surface area contributed by atoms with Crippen LogP contribution in [0.5, 0.6) is 0 Å². The number of carbonyl (C=O) groups is 2. The summed E-state index contributed by atoms with van der Waals surface area (Å²) >= 11 is 7.94. The Kier molecular flexibility index (Phi) is 12.7. The fraction of sp³-hybridized carbons (Fsp3) is 0.280. The van der Waals surface area contributed by atoms with Crippen molar-refractivity contribution >= 4 is 76.1 Å². The highest BCUT2D eigenvalue weighted by Crippen LogP contribution is 2.28. The van der Waals surface area contributed by atoms with E-state index in [0.717, 1.165) is 49.6 Å². The van der Waals surface area contributed by atoms with Gasteiger partial charge in [-0.3, -0.25) is 0 Å². The van der Waals surface area contributed by atoms with E-state index in [1.54, 1.807) is 19.1 Å². The molecule has 9 nitrogen and oxygen atoms in total. The second-order valence-corrected chi connectivity index (χ2v) is 11.0. The van der Waals surface area contributed by atoms with Gasteiger partial charge in [-0.05, 0) is 55.1 Å². The number of carboxylic acids is 2. The third-order valence-electron chi connectivity index (χ3n) is 4.76. The molecule has 5 rings (SSSR count). The summed E-state index contributed by atoms with van der Waals surface area (Å²) in [4.78, 5) is 24.5. The van der Waals surface area contributed by atoms with Gasteiger partial charge in [0.1, 0.15) is 10.6 Å². The largest absolute Gasteiger partial charge is 0.477 e. The summed E-state index contributed by atoms with van der Waals surface area (Å²) < 4.78 is 7.82. The van der Waals surface area contributed by atoms with Gasteiger partial charge in [-0.15, -0.1) is 11.3 Å². The van der Waals surface area contributed by atoms with Crippen molar-refractivity contribution in [1.29, 1.82) is 0 Å². The first kappa shape index (κ1) is 30.9. The van der Waals surface area contributed by atoms with Crippen molar-refractivity contribution in [3.8, 4) is 0 Å². The van der Waals surface area contributed by atoms with Crippen LogP contribution in [0.15, 0.2) is 57.5 Å². The summed E-state index contributed by atoms with van der Waals surface area (Å²) in [6.45, 7) is 3.46. The Balaban J connectivity index is 0.000000188. The molecule has 0 saturated carbocycles. The van der Waals surface area contributed by atoms with Gasteiger partial charge in [0.15, 0.2) is 0 Å². The first-order chi connectivity index (χ1) is 17.5. The lowest BCUT2D eigenvalue weighted by molar-refractivity contribution is 0.0685. The van der Waals surface area contributed by atoms with E-state index in [1.807, 2.05) is 36.4 Å². The number of halogens is 2. The average molecular weight is 659 g/mol. The molecule has 1 aliphatic heterocycles. The van der Waals surface area contributed by atoms with Gasteiger partial charge >= 0.3 is 11.9 Å². The van der Waals surface area contributed by atoms with E-state index in [4.69, 9.17) is 31.5 Å². The lowest BCUT2D eigenvalue weighted by atomic mass is 10.2. The number of ether oxygens (including phenoxy) is 1. The normalized spacial score (nSPS) is 15.0. The van der Waals surface area contributed by atoms with E-state index in [0.29, 0.717) is 10.9 Å². The van der Waals surface area contributed by atoms with Crippen molar-refractivity contribution in [2.24, 2.45) is 11.5 Å². The minimum atomic E-state index is -0.938. The maximum absolute atomic E-state index is 10.7. The fourth-order valence-corrected chi connectivity index (χ4v) is 4.69. The molecule has 2 atom stereocenters. The second kappa shape index (κ2) is 15.2. The van der Waals surface area contributed by atoms with Gasteiger partial charge in [-0.25, -0.2) is 9.59 Å². The summed E-state index contributed by atoms with van der Waals surface area (Å²) in [6.07, 6.45) is 1.04. The zero-order chi connectivity index (χ0) is 27.5. The topological polar surface area (TPSA) is 172 Å². The first-order valence-corrected chi connectivity index (χ1v) is 13.5. The van der Waals surface area contributed by atoms with Crippen LogP contribution in [0.3, 0.4) is 0 Å². The molecule has 2 aromatic carbocycles. The fourth-order valence-electron chi connectivity index (χ4n) is 2.88. The molecule has 200 valence electrons. The minimum absolute atomic E-state index is 0.0602. The van der Waals surface area contributed by atoms with Gasteiger partial charge < -0.3 is 36.5 Å². The number of benzene rings is 2. The van der Waals surface area contributed by atoms with Crippen LogP contribution in [0, 0.1) is 0 Å². The molecule has 1 aliphatic rings. The van der Waals surface area contributed by atoms with Crippen molar-refractivity contribution in [3.05, 3.63) is 68.0 Å². The number of aromatic carboxylic acids is 2. The molecule has 0 bridgehead atoms. The number of aromatic nitrogens is 1. The predicted octanol–water partition coefficient (Wildman–Crippen LogP) is 5.05. The summed E-state index contributed by atoms with van der Waals surface area (Å²) in [5, 5.41) is 27.4. The number of nitrogens with two attached hydrogens (primary N) is 2. The Morgan fingerprint density at radius 2 is 1.70 bits per heavy atom. The zero-order valence-corrected chi connectivity index (χ0v) is 24.0. The summed E-state index contributed by atoms with van der Waals surface area (Å²) in [5.41, 5.74) is 11.5. The molecule has 3 heterocycles. The Morgan fingerprint density at radius 1 is 1.08 bits per heavy atom. The third-order valence-corrected chi connectivity index (χ3v) is 6.83. The van der Waals surface area contributed by atoms with E-state index in [9.17, 15) is 9.59 Å². The van der Waals surface area contributed by atoms with Crippen LogP contribution in [-0.4, -0.2) is 64.1 Å². The molecular weight excluding hydrogens is 630 g/mol. The molecule has 37 heavy (non-hydrogen) atoms. The molecule has 8 N–H and O–H groups in total. The summed E-state index contributed by atoms with van der Waals surface area (Å²) in [6, 6.07) is 14.9. The number of fused-ring (bicyclic) bond motifs is 2. The average Bonchev–Trinajstić information content (AvgIpc) is 3.59. The van der Waals surface area contributed by atoms with Crippen LogP contribution >= 0.6 is 43.2 Å². The van der Waals surface area contributed by atoms with Crippen LogP contribution in [0.1, 0.15) is 33.5 Å². The quantitative estimate of drug-likeness (QED) is 0.177. The number of hydrogen-bond donors (Lipinski definition) is 6. The lowest BCUT2D eigenvalue weighted by Crippen LogP contribution is -2.18. The third kappa shape index (κ3) is 10.5. The maximum Gasteiger partial charge on any atom is 0.352 e. The summed E-state index contributed by atoms with van der Waals surface area (Å²) in [5.74, 6) is -1.80. The lowest BCUT2D eigenvalue weighted by Gasteiger charge is -1.91. The molecule has 0 radical (unpaired) electrons. The van der Waals surface area contributed by atoms with Gasteiger partial charge in [-0.1, -0.05) is 44.0 Å². The van der Waals surface area contributed by atoms with Crippen LogP contribution in [0.25, 0.3) is 21.0 Å². The number of aliphatic hydroxyl groups is 1. The summed E-state index contributed by atoms with van der Waals surface area (Å²) in [7, 11) is 0. The molecule has 0 aliphatic carbocycles. The molecule has 1 fully saturated rings. The van der Waals surface area contributed by atoms with E-state index in [2.05, 4.69) is 36.8 Å². The van der Waals surface area contributed by atoms with E-state index >= 15 is 0 Å². The zero-order valence-electron chi connectivity index (χ0n) is 20.0. The number of aliphatic hydroxyl groups excluding tert-OH is 1. The van der Waals surface area contributed by atoms with Gasteiger partial charge in [0.2, 0.25) is 0 Å². The van der Waals surface area contributed by atoms with E-state index < -0.39 is 11.9 Å². The second-order valence-electron chi connectivity index (χ2n) is 8.10. The number of carboxylic acid groups (broad SMARTS) is 2. The molecule has 2 unspecified atom stereocenters. The number of H-pyrrole nitrogens is 1. The monoisotopic (exact) mass is 657 g/mol. The first-order valence-electron chi connectivity index (χ1n) is 11.1. The molecule has 1 saturated heterocycles. The van der Waals surface area contributed by atoms with Crippen molar-refractivity contribution in [2.75, 3.05) is 19.8 Å². The van der Waals surface area contributed by atoms with Crippen molar-refractivity contribution in [1.82, 2.24) is 4.98 Å². The number of hydrogen-bond acceptors (Lipinski definition) is 7. The maximum atomic E-state index is 10.7. The molecule has 12 heteroatoms. The predicted molar refractivity (Wildman–Crippen MR) is 154 cm³/mol. The minimum Gasteiger partial charge on any atom is -0.477 e. The molecular formula is C25H29Br2N3O6S. The molecule has 4 aromatic rings. The van der Waals surface area contributed by atoms with Crippen LogP contribution < -0.4 is 11.5 Å². The number of nitrogens with one attached hydrogen (secondary N) is 1. The molecule has 0 spiro atoms. The molecule has 2 aromatic heterocycles. The number of rotatable bonds is 3. The van der Waals surface area contributed by atoms with E-state index in [1.165, 1.54) is 11.3 Å². The van der Waals surface area contributed by atoms with Crippen LogP contribution in [0.4, 0.5) is 0 Å². The van der Waals surface area contributed by atoms with Gasteiger partial charge in [-0.2, -0.15) is 0 Å². The highest BCUT2D eigenvalue weighted by atomic mass is 79.9. The van der Waals surface area contributed by atoms with Crippen LogP contribution in [-0.2, 0) is 4.74 Å². The van der Waals surface area contributed by atoms with Crippen molar-refractivity contribution in [3.63, 3.8) is 0 Å². The smallest absolute Gasteiger partial charge is 0.352 e. The number of thiophene rings is 1. The van der Waals surface area contributed by atoms with Gasteiger partial charge in [0.25, 0.3) is 0 Å². The van der Waals surface area contributed by atoms with E-state index in [-0.39, 0.29) is 18.3 Å².